The van der Waals surface area contributed by atoms with E-state index in [2.05, 4.69) is 15.9 Å². The van der Waals surface area contributed by atoms with Gasteiger partial charge in [-0.25, -0.2) is 4.79 Å². The minimum absolute atomic E-state index is 0.216. The monoisotopic (exact) mass is 246 g/mol. The summed E-state index contributed by atoms with van der Waals surface area (Å²) in [4.78, 5) is 11.0. The molecule has 3 heteroatoms. The lowest BCUT2D eigenvalue weighted by Gasteiger charge is -2.00. The van der Waals surface area contributed by atoms with Crippen LogP contribution in [0.4, 0.5) is 0 Å². The molecule has 13 heavy (non-hydrogen) atoms. The summed E-state index contributed by atoms with van der Waals surface area (Å²) in [7, 11) is 0. The van der Waals surface area contributed by atoms with Crippen molar-refractivity contribution in [3.63, 3.8) is 0 Å². The van der Waals surface area contributed by atoms with E-state index in [0.717, 1.165) is 0 Å². The molecule has 0 aromatic heterocycles. The molecule has 0 aromatic rings. The Hall–Kier alpha value is -0.310. The van der Waals surface area contributed by atoms with Gasteiger partial charge in [-0.3, -0.25) is 0 Å². The molecule has 0 saturated heterocycles. The second kappa shape index (κ2) is 6.19. The molecule has 1 saturated carbocycles. The van der Waals surface area contributed by atoms with Crippen molar-refractivity contribution >= 4 is 21.9 Å². The van der Waals surface area contributed by atoms with Crippen LogP contribution in [0, 0.1) is 5.92 Å². The molecule has 0 atom stereocenters. The summed E-state index contributed by atoms with van der Waals surface area (Å²) in [5.74, 6) is 0.392. The van der Waals surface area contributed by atoms with Crippen LogP contribution in [0.15, 0.2) is 12.2 Å². The number of rotatable bonds is 4. The van der Waals surface area contributed by atoms with E-state index in [4.69, 9.17) is 4.74 Å². The molecule has 0 aliphatic heterocycles. The average Bonchev–Trinajstić information content (AvgIpc) is 2.64. The normalized spacial score (nSPS) is 18.2. The van der Waals surface area contributed by atoms with Crippen LogP contribution in [0.1, 0.15) is 25.7 Å². The largest absolute Gasteiger partial charge is 0.462 e. The second-order valence-corrected chi connectivity index (χ2v) is 4.05. The van der Waals surface area contributed by atoms with E-state index in [-0.39, 0.29) is 5.97 Å². The van der Waals surface area contributed by atoms with Gasteiger partial charge in [0.25, 0.3) is 0 Å². The molecular formula is C10H15BrO2. The zero-order valence-corrected chi connectivity index (χ0v) is 9.26. The van der Waals surface area contributed by atoms with Crippen molar-refractivity contribution in [3.05, 3.63) is 12.2 Å². The number of ether oxygens (including phenoxy) is 1. The second-order valence-electron chi connectivity index (χ2n) is 3.26. The number of esters is 1. The Kier molecular flexibility index (Phi) is 5.13. The number of carbonyl (C=O) groups excluding carboxylic acids is 1. The zero-order chi connectivity index (χ0) is 9.52. The van der Waals surface area contributed by atoms with Crippen molar-refractivity contribution in [1.82, 2.24) is 0 Å². The van der Waals surface area contributed by atoms with E-state index >= 15 is 0 Å². The van der Waals surface area contributed by atoms with Crippen molar-refractivity contribution in [2.75, 3.05) is 11.9 Å². The maximum Gasteiger partial charge on any atom is 0.330 e. The number of hydrogen-bond acceptors (Lipinski definition) is 2. The number of alkyl halides is 1. The molecule has 1 aliphatic carbocycles. The number of allylic oxidation sites excluding steroid dienone is 1. The van der Waals surface area contributed by atoms with Gasteiger partial charge in [0.2, 0.25) is 0 Å². The first kappa shape index (κ1) is 10.8. The molecule has 0 bridgehead atoms. The lowest BCUT2D eigenvalue weighted by Crippen LogP contribution is -2.03. The maximum atomic E-state index is 11.0. The van der Waals surface area contributed by atoms with Crippen molar-refractivity contribution in [2.24, 2.45) is 5.92 Å². The molecule has 0 unspecified atom stereocenters. The molecular weight excluding hydrogens is 232 g/mol. The smallest absolute Gasteiger partial charge is 0.330 e. The highest BCUT2D eigenvalue weighted by molar-refractivity contribution is 9.09. The van der Waals surface area contributed by atoms with Gasteiger partial charge in [0.15, 0.2) is 0 Å². The Labute approximate surface area is 87.5 Å². The van der Waals surface area contributed by atoms with E-state index < -0.39 is 0 Å². The Morgan fingerprint density at radius 2 is 2.15 bits per heavy atom. The zero-order valence-electron chi connectivity index (χ0n) is 7.67. The third-order valence-electron chi connectivity index (χ3n) is 2.23. The molecule has 1 rings (SSSR count). The lowest BCUT2D eigenvalue weighted by molar-refractivity contribution is -0.137. The summed E-state index contributed by atoms with van der Waals surface area (Å²) >= 11 is 3.19. The topological polar surface area (TPSA) is 26.3 Å². The fourth-order valence-electron chi connectivity index (χ4n) is 1.55. The van der Waals surface area contributed by atoms with Crippen molar-refractivity contribution < 1.29 is 9.53 Å². The van der Waals surface area contributed by atoms with Gasteiger partial charge >= 0.3 is 5.97 Å². The standard InChI is InChI=1S/C10H15BrO2/c11-7-8-13-10(12)6-5-9-3-1-2-4-9/h5-6,9H,1-4,7-8H2/b6-5+. The Morgan fingerprint density at radius 3 is 2.77 bits per heavy atom. The maximum absolute atomic E-state index is 11.0. The number of carbonyl (C=O) groups is 1. The molecule has 0 heterocycles. The molecule has 0 spiro atoms. The average molecular weight is 247 g/mol. The fraction of sp³-hybridized carbons (Fsp3) is 0.700. The van der Waals surface area contributed by atoms with Gasteiger partial charge in [0.05, 0.1) is 0 Å². The third-order valence-corrected chi connectivity index (χ3v) is 2.55. The highest BCUT2D eigenvalue weighted by Gasteiger charge is 2.11. The van der Waals surface area contributed by atoms with Crippen LogP contribution in [-0.2, 0) is 9.53 Å². The summed E-state index contributed by atoms with van der Waals surface area (Å²) in [6, 6.07) is 0. The van der Waals surface area contributed by atoms with Crippen LogP contribution in [0.3, 0.4) is 0 Å². The van der Waals surface area contributed by atoms with Gasteiger partial charge in [-0.15, -0.1) is 0 Å². The summed E-state index contributed by atoms with van der Waals surface area (Å²) in [6.45, 7) is 0.452. The molecule has 0 radical (unpaired) electrons. The minimum Gasteiger partial charge on any atom is -0.462 e. The first-order valence-electron chi connectivity index (χ1n) is 4.74. The van der Waals surface area contributed by atoms with Gasteiger partial charge in [-0.2, -0.15) is 0 Å². The molecule has 0 amide bonds. The quantitative estimate of drug-likeness (QED) is 0.433. The lowest BCUT2D eigenvalue weighted by atomic mass is 10.1. The van der Waals surface area contributed by atoms with Crippen molar-refractivity contribution in [2.45, 2.75) is 25.7 Å². The van der Waals surface area contributed by atoms with Crippen LogP contribution in [0.5, 0.6) is 0 Å². The SMILES string of the molecule is O=C(/C=C/C1CCCC1)OCCBr. The van der Waals surface area contributed by atoms with Crippen LogP contribution < -0.4 is 0 Å². The Morgan fingerprint density at radius 1 is 1.46 bits per heavy atom. The third kappa shape index (κ3) is 4.46. The molecule has 0 aromatic carbocycles. The van der Waals surface area contributed by atoms with Gasteiger partial charge in [-0.1, -0.05) is 34.8 Å². The van der Waals surface area contributed by atoms with E-state index in [0.29, 0.717) is 17.9 Å². The first-order chi connectivity index (χ1) is 6.33. The van der Waals surface area contributed by atoms with E-state index in [1.165, 1.54) is 25.7 Å². The molecule has 1 aliphatic rings. The predicted molar refractivity (Wildman–Crippen MR) is 55.9 cm³/mol. The van der Waals surface area contributed by atoms with Crippen LogP contribution in [0.25, 0.3) is 0 Å². The summed E-state index contributed by atoms with van der Waals surface area (Å²) in [5.41, 5.74) is 0. The molecule has 2 nitrogen and oxygen atoms in total. The summed E-state index contributed by atoms with van der Waals surface area (Å²) in [5, 5.41) is 0.704. The van der Waals surface area contributed by atoms with Crippen molar-refractivity contribution in [3.8, 4) is 0 Å². The van der Waals surface area contributed by atoms with Crippen LogP contribution >= 0.6 is 15.9 Å². The Bertz CT molecular complexity index is 183. The highest BCUT2D eigenvalue weighted by Crippen LogP contribution is 2.25. The van der Waals surface area contributed by atoms with E-state index in [1.807, 2.05) is 6.08 Å². The number of halogens is 1. The summed E-state index contributed by atoms with van der Waals surface area (Å²) in [6.07, 6.45) is 8.60. The molecule has 1 fully saturated rings. The van der Waals surface area contributed by atoms with Crippen LogP contribution in [-0.4, -0.2) is 17.9 Å². The van der Waals surface area contributed by atoms with Crippen LogP contribution in [0.2, 0.25) is 0 Å². The Balaban J connectivity index is 2.17. The first-order valence-corrected chi connectivity index (χ1v) is 5.86. The minimum atomic E-state index is -0.216. The molecule has 0 N–H and O–H groups in total. The highest BCUT2D eigenvalue weighted by atomic mass is 79.9. The number of hydrogen-bond donors (Lipinski definition) is 0. The van der Waals surface area contributed by atoms with E-state index in [9.17, 15) is 4.79 Å². The van der Waals surface area contributed by atoms with Gasteiger partial charge in [0.1, 0.15) is 6.61 Å². The van der Waals surface area contributed by atoms with Gasteiger partial charge < -0.3 is 4.74 Å². The summed E-state index contributed by atoms with van der Waals surface area (Å²) < 4.78 is 4.88. The predicted octanol–water partition coefficient (Wildman–Crippen LogP) is 2.67. The van der Waals surface area contributed by atoms with E-state index in [1.54, 1.807) is 6.08 Å². The van der Waals surface area contributed by atoms with Crippen molar-refractivity contribution in [1.29, 1.82) is 0 Å². The van der Waals surface area contributed by atoms with Gasteiger partial charge in [0, 0.05) is 11.4 Å². The fourth-order valence-corrected chi connectivity index (χ4v) is 1.71. The van der Waals surface area contributed by atoms with Gasteiger partial charge in [-0.05, 0) is 18.8 Å². The molecule has 74 valence electrons.